The molecule has 1 unspecified atom stereocenters. The smallest absolute Gasteiger partial charge is 0.274 e. The van der Waals surface area contributed by atoms with Crippen LogP contribution in [0.25, 0.3) is 0 Å². The first-order valence-electron chi connectivity index (χ1n) is 2.81. The molecule has 0 spiro atoms. The Kier molecular flexibility index (Phi) is 2.98. The van der Waals surface area contributed by atoms with Gasteiger partial charge in [-0.1, -0.05) is 13.8 Å². The summed E-state index contributed by atoms with van der Waals surface area (Å²) in [5.74, 6) is -0.382. The SMILES string of the molecule is CC(C)C(C=O)S(=O)(=O)O. The number of rotatable bonds is 3. The molecule has 1 N–H and O–H groups in total. The van der Waals surface area contributed by atoms with E-state index in [0.717, 1.165) is 0 Å². The van der Waals surface area contributed by atoms with Gasteiger partial charge in [0.1, 0.15) is 11.5 Å². The van der Waals surface area contributed by atoms with E-state index in [0.29, 0.717) is 0 Å². The number of hydrogen-bond donors (Lipinski definition) is 1. The van der Waals surface area contributed by atoms with Gasteiger partial charge in [-0.05, 0) is 5.92 Å². The minimum Gasteiger partial charge on any atom is -0.302 e. The first-order chi connectivity index (χ1) is 4.39. The topological polar surface area (TPSA) is 71.4 Å². The van der Waals surface area contributed by atoms with Gasteiger partial charge in [-0.2, -0.15) is 8.42 Å². The summed E-state index contributed by atoms with van der Waals surface area (Å²) < 4.78 is 29.0. The minimum atomic E-state index is -4.18. The van der Waals surface area contributed by atoms with E-state index in [1.807, 2.05) is 0 Å². The molecule has 0 aromatic heterocycles. The predicted molar refractivity (Wildman–Crippen MR) is 36.2 cm³/mol. The first-order valence-corrected chi connectivity index (χ1v) is 4.31. The molecule has 0 heterocycles. The zero-order valence-corrected chi connectivity index (χ0v) is 6.63. The Morgan fingerprint density at radius 3 is 1.80 bits per heavy atom. The van der Waals surface area contributed by atoms with Gasteiger partial charge in [-0.25, -0.2) is 0 Å². The minimum absolute atomic E-state index is 0.236. The summed E-state index contributed by atoms with van der Waals surface area (Å²) in [6.45, 7) is 3.10. The molecule has 0 aromatic carbocycles. The van der Waals surface area contributed by atoms with E-state index in [4.69, 9.17) is 4.55 Å². The highest BCUT2D eigenvalue weighted by molar-refractivity contribution is 7.87. The Morgan fingerprint density at radius 1 is 1.40 bits per heavy atom. The van der Waals surface area contributed by atoms with Crippen molar-refractivity contribution < 1.29 is 17.8 Å². The summed E-state index contributed by atoms with van der Waals surface area (Å²) in [5.41, 5.74) is 0. The van der Waals surface area contributed by atoms with Crippen molar-refractivity contribution in [3.05, 3.63) is 0 Å². The predicted octanol–water partition coefficient (Wildman–Crippen LogP) is 0.0977. The summed E-state index contributed by atoms with van der Waals surface area (Å²) in [6, 6.07) is 0. The van der Waals surface area contributed by atoms with E-state index in [1.165, 1.54) is 0 Å². The summed E-state index contributed by atoms with van der Waals surface area (Å²) in [4.78, 5) is 10.1. The molecule has 60 valence electrons. The lowest BCUT2D eigenvalue weighted by molar-refractivity contribution is -0.108. The Hall–Kier alpha value is -0.420. The second kappa shape index (κ2) is 3.12. The average molecular weight is 166 g/mol. The molecule has 0 aliphatic rings. The fraction of sp³-hybridized carbons (Fsp3) is 0.800. The molecule has 0 aliphatic heterocycles. The number of carbonyl (C=O) groups is 1. The van der Waals surface area contributed by atoms with Crippen molar-refractivity contribution in [3.63, 3.8) is 0 Å². The number of hydrogen-bond acceptors (Lipinski definition) is 3. The lowest BCUT2D eigenvalue weighted by atomic mass is 10.1. The van der Waals surface area contributed by atoms with Crippen LogP contribution in [0.4, 0.5) is 0 Å². The molecule has 10 heavy (non-hydrogen) atoms. The molecule has 0 rings (SSSR count). The van der Waals surface area contributed by atoms with Gasteiger partial charge >= 0.3 is 0 Å². The van der Waals surface area contributed by atoms with Crippen LogP contribution in [0.3, 0.4) is 0 Å². The van der Waals surface area contributed by atoms with Gasteiger partial charge in [0.15, 0.2) is 0 Å². The molecule has 0 saturated carbocycles. The largest absolute Gasteiger partial charge is 0.302 e. The summed E-state index contributed by atoms with van der Waals surface area (Å²) in [5, 5.41) is -1.28. The van der Waals surface area contributed by atoms with Gasteiger partial charge in [-0.3, -0.25) is 4.55 Å². The fourth-order valence-electron chi connectivity index (χ4n) is 0.571. The first kappa shape index (κ1) is 9.58. The number of carbonyl (C=O) groups excluding carboxylic acids is 1. The number of aldehydes is 1. The molecular weight excluding hydrogens is 156 g/mol. The van der Waals surface area contributed by atoms with Crippen molar-refractivity contribution in [2.24, 2.45) is 5.92 Å². The van der Waals surface area contributed by atoms with Crippen molar-refractivity contribution >= 4 is 16.4 Å². The van der Waals surface area contributed by atoms with Crippen LogP contribution in [-0.2, 0) is 14.9 Å². The Labute approximate surface area is 60.0 Å². The van der Waals surface area contributed by atoms with E-state index < -0.39 is 15.4 Å². The van der Waals surface area contributed by atoms with E-state index >= 15 is 0 Å². The maximum absolute atomic E-state index is 10.3. The molecule has 0 fully saturated rings. The molecule has 1 atom stereocenters. The molecule has 0 amide bonds. The molecule has 0 aromatic rings. The van der Waals surface area contributed by atoms with E-state index in [1.54, 1.807) is 13.8 Å². The third-order valence-electron chi connectivity index (χ3n) is 1.14. The van der Waals surface area contributed by atoms with Crippen molar-refractivity contribution in [2.45, 2.75) is 19.1 Å². The van der Waals surface area contributed by atoms with Crippen LogP contribution in [0.5, 0.6) is 0 Å². The molecule has 5 heteroatoms. The van der Waals surface area contributed by atoms with Gasteiger partial charge in [0.25, 0.3) is 10.1 Å². The molecule has 0 saturated heterocycles. The standard InChI is InChI=1S/C5H10O4S/c1-4(2)5(3-6)10(7,8)9/h3-5H,1-2H3,(H,7,8,9). The summed E-state index contributed by atoms with van der Waals surface area (Å²) >= 11 is 0. The van der Waals surface area contributed by atoms with Crippen LogP contribution >= 0.6 is 0 Å². The van der Waals surface area contributed by atoms with Gasteiger partial charge in [0.2, 0.25) is 0 Å². The lowest BCUT2D eigenvalue weighted by Gasteiger charge is -2.08. The van der Waals surface area contributed by atoms with Gasteiger partial charge in [0, 0.05) is 0 Å². The van der Waals surface area contributed by atoms with Crippen molar-refractivity contribution in [1.82, 2.24) is 0 Å². The molecule has 0 bridgehead atoms. The van der Waals surface area contributed by atoms with Crippen LogP contribution in [0.2, 0.25) is 0 Å². The second-order valence-electron chi connectivity index (χ2n) is 2.36. The zero-order valence-electron chi connectivity index (χ0n) is 5.81. The highest BCUT2D eigenvalue weighted by Crippen LogP contribution is 2.07. The molecule has 0 aliphatic carbocycles. The van der Waals surface area contributed by atoms with E-state index in [-0.39, 0.29) is 12.2 Å². The van der Waals surface area contributed by atoms with Crippen LogP contribution in [0, 0.1) is 5.92 Å². The van der Waals surface area contributed by atoms with E-state index in [2.05, 4.69) is 0 Å². The van der Waals surface area contributed by atoms with Crippen molar-refractivity contribution in [2.75, 3.05) is 0 Å². The second-order valence-corrected chi connectivity index (χ2v) is 3.93. The highest BCUT2D eigenvalue weighted by Gasteiger charge is 2.25. The van der Waals surface area contributed by atoms with Crippen molar-refractivity contribution in [3.8, 4) is 0 Å². The van der Waals surface area contributed by atoms with Gasteiger partial charge in [0.05, 0.1) is 0 Å². The van der Waals surface area contributed by atoms with Crippen LogP contribution < -0.4 is 0 Å². The Bertz CT molecular complexity index is 204. The molecule has 0 radical (unpaired) electrons. The monoisotopic (exact) mass is 166 g/mol. The van der Waals surface area contributed by atoms with Crippen LogP contribution in [0.1, 0.15) is 13.8 Å². The van der Waals surface area contributed by atoms with Crippen molar-refractivity contribution in [1.29, 1.82) is 0 Å². The average Bonchev–Trinajstić information content (AvgIpc) is 1.60. The zero-order chi connectivity index (χ0) is 8.36. The quantitative estimate of drug-likeness (QED) is 0.476. The summed E-state index contributed by atoms with van der Waals surface area (Å²) in [7, 11) is -4.18. The Morgan fingerprint density at radius 2 is 1.80 bits per heavy atom. The fourth-order valence-corrected chi connectivity index (χ4v) is 1.40. The molecule has 4 nitrogen and oxygen atoms in total. The van der Waals surface area contributed by atoms with Gasteiger partial charge < -0.3 is 4.79 Å². The van der Waals surface area contributed by atoms with Crippen LogP contribution in [-0.4, -0.2) is 24.5 Å². The molecular formula is C5H10O4S. The van der Waals surface area contributed by atoms with Crippen LogP contribution in [0.15, 0.2) is 0 Å². The lowest BCUT2D eigenvalue weighted by Crippen LogP contribution is -2.27. The maximum Gasteiger partial charge on any atom is 0.274 e. The summed E-state index contributed by atoms with van der Waals surface area (Å²) in [6.07, 6.45) is 0.236. The maximum atomic E-state index is 10.3. The van der Waals surface area contributed by atoms with Gasteiger partial charge in [-0.15, -0.1) is 0 Å². The van der Waals surface area contributed by atoms with E-state index in [9.17, 15) is 13.2 Å². The third kappa shape index (κ3) is 2.45. The highest BCUT2D eigenvalue weighted by atomic mass is 32.2. The normalized spacial score (nSPS) is 15.2. The third-order valence-corrected chi connectivity index (χ3v) is 2.48. The Balaban J connectivity index is 4.54.